The van der Waals surface area contributed by atoms with Gasteiger partial charge in [-0.25, -0.2) is 4.98 Å². The van der Waals surface area contributed by atoms with Crippen LogP contribution < -0.4 is 0 Å². The van der Waals surface area contributed by atoms with E-state index in [4.69, 9.17) is 0 Å². The highest BCUT2D eigenvalue weighted by Gasteiger charge is 2.32. The van der Waals surface area contributed by atoms with Crippen molar-refractivity contribution < 1.29 is 18.3 Å². The van der Waals surface area contributed by atoms with Crippen LogP contribution in [0.1, 0.15) is 35.6 Å². The number of aromatic nitrogens is 4. The molecule has 1 saturated heterocycles. The number of nitrogens with zero attached hydrogens (tertiary/aromatic N) is 5. The monoisotopic (exact) mass is 405 g/mol. The third kappa shape index (κ3) is 3.43. The lowest BCUT2D eigenvalue weighted by Gasteiger charge is -2.30. The first kappa shape index (κ1) is 19.6. The maximum absolute atomic E-state index is 13.0. The van der Waals surface area contributed by atoms with Gasteiger partial charge in [-0.1, -0.05) is 0 Å². The lowest BCUT2D eigenvalue weighted by atomic mass is 9.98. The first-order valence-corrected chi connectivity index (χ1v) is 9.46. The third-order valence-corrected chi connectivity index (χ3v) is 5.59. The standard InChI is InChI=1S/C20H22F3N5O/c1-11-7-13(20(21,22)23)8-15(29)16(11)17-12(2)18-19(26-25-17)28(10-24-18)14-5-4-6-27(3)9-14/h7-8,10,14,29H,4-6,9H2,1-3H3/t14-/m1/s1. The zero-order valence-corrected chi connectivity index (χ0v) is 16.5. The average Bonchev–Trinajstić information content (AvgIpc) is 3.07. The predicted octanol–water partition coefficient (Wildman–Crippen LogP) is 4.10. The molecule has 0 bridgehead atoms. The summed E-state index contributed by atoms with van der Waals surface area (Å²) in [4.78, 5) is 6.76. The van der Waals surface area contributed by atoms with E-state index in [1.165, 1.54) is 6.92 Å². The number of aromatic hydroxyl groups is 1. The molecule has 29 heavy (non-hydrogen) atoms. The quantitative estimate of drug-likeness (QED) is 0.695. The van der Waals surface area contributed by atoms with Gasteiger partial charge in [0.2, 0.25) is 0 Å². The van der Waals surface area contributed by atoms with Crippen molar-refractivity contribution in [2.45, 2.75) is 38.9 Å². The summed E-state index contributed by atoms with van der Waals surface area (Å²) in [5.74, 6) is -0.470. The zero-order valence-electron chi connectivity index (χ0n) is 16.5. The van der Waals surface area contributed by atoms with Crippen LogP contribution in [-0.4, -0.2) is 49.9 Å². The SMILES string of the molecule is Cc1cc(C(F)(F)F)cc(O)c1-c1nnc2c(ncn2[C@@H]2CCCN(C)C2)c1C. The van der Waals surface area contributed by atoms with E-state index >= 15 is 0 Å². The molecule has 154 valence electrons. The summed E-state index contributed by atoms with van der Waals surface area (Å²) >= 11 is 0. The van der Waals surface area contributed by atoms with Gasteiger partial charge in [0.25, 0.3) is 0 Å². The molecule has 0 amide bonds. The molecule has 1 aliphatic heterocycles. The van der Waals surface area contributed by atoms with Crippen LogP contribution >= 0.6 is 0 Å². The zero-order chi connectivity index (χ0) is 20.9. The fourth-order valence-corrected chi connectivity index (χ4v) is 4.11. The molecule has 1 fully saturated rings. The van der Waals surface area contributed by atoms with E-state index in [9.17, 15) is 18.3 Å². The van der Waals surface area contributed by atoms with Gasteiger partial charge in [-0.05, 0) is 58.0 Å². The van der Waals surface area contributed by atoms with E-state index < -0.39 is 17.5 Å². The number of halogens is 3. The maximum Gasteiger partial charge on any atom is 0.416 e. The molecule has 9 heteroatoms. The highest BCUT2D eigenvalue weighted by Crippen LogP contribution is 2.40. The Kier molecular flexibility index (Phi) is 4.72. The molecule has 0 saturated carbocycles. The van der Waals surface area contributed by atoms with Crippen molar-refractivity contribution in [1.82, 2.24) is 24.6 Å². The first-order valence-electron chi connectivity index (χ1n) is 9.46. The van der Waals surface area contributed by atoms with Gasteiger partial charge >= 0.3 is 6.18 Å². The largest absolute Gasteiger partial charge is 0.507 e. The molecule has 1 N–H and O–H groups in total. The fraction of sp³-hybridized carbons (Fsp3) is 0.450. The Balaban J connectivity index is 1.80. The van der Waals surface area contributed by atoms with Gasteiger partial charge in [-0.15, -0.1) is 10.2 Å². The number of phenolic OH excluding ortho intramolecular Hbond substituents is 1. The van der Waals surface area contributed by atoms with Crippen molar-refractivity contribution in [3.63, 3.8) is 0 Å². The molecule has 0 unspecified atom stereocenters. The summed E-state index contributed by atoms with van der Waals surface area (Å²) < 4.78 is 41.1. The van der Waals surface area contributed by atoms with Crippen LogP contribution in [0, 0.1) is 13.8 Å². The van der Waals surface area contributed by atoms with Gasteiger partial charge in [-0.2, -0.15) is 13.2 Å². The van der Waals surface area contributed by atoms with Crippen LogP contribution in [0.4, 0.5) is 13.2 Å². The molecule has 4 rings (SSSR count). The van der Waals surface area contributed by atoms with Crippen molar-refractivity contribution in [1.29, 1.82) is 0 Å². The predicted molar refractivity (Wildman–Crippen MR) is 103 cm³/mol. The van der Waals surface area contributed by atoms with E-state index in [1.807, 2.05) is 4.57 Å². The van der Waals surface area contributed by atoms with Crippen LogP contribution in [0.5, 0.6) is 5.75 Å². The number of benzene rings is 1. The van der Waals surface area contributed by atoms with Gasteiger partial charge < -0.3 is 14.6 Å². The Morgan fingerprint density at radius 2 is 1.93 bits per heavy atom. The number of hydrogen-bond donors (Lipinski definition) is 1. The third-order valence-electron chi connectivity index (χ3n) is 5.59. The van der Waals surface area contributed by atoms with Gasteiger partial charge in [-0.3, -0.25) is 0 Å². The van der Waals surface area contributed by atoms with E-state index in [0.717, 1.165) is 38.1 Å². The van der Waals surface area contributed by atoms with Crippen LogP contribution in [-0.2, 0) is 6.18 Å². The minimum absolute atomic E-state index is 0.247. The summed E-state index contributed by atoms with van der Waals surface area (Å²) in [6.45, 7) is 5.27. The van der Waals surface area contributed by atoms with Gasteiger partial charge in [0, 0.05) is 23.7 Å². The van der Waals surface area contributed by atoms with Crippen molar-refractivity contribution in [2.24, 2.45) is 0 Å². The number of piperidine rings is 1. The Morgan fingerprint density at radius 3 is 2.59 bits per heavy atom. The van der Waals surface area contributed by atoms with E-state index in [-0.39, 0.29) is 17.2 Å². The minimum Gasteiger partial charge on any atom is -0.507 e. The number of likely N-dealkylation sites (tertiary alicyclic amines) is 1. The summed E-state index contributed by atoms with van der Waals surface area (Å²) in [6, 6.07) is 1.99. The number of likely N-dealkylation sites (N-methyl/N-ethyl adjacent to an activating group) is 1. The molecule has 1 aromatic carbocycles. The Morgan fingerprint density at radius 1 is 1.17 bits per heavy atom. The average molecular weight is 405 g/mol. The Bertz CT molecular complexity index is 1050. The lowest BCUT2D eigenvalue weighted by molar-refractivity contribution is -0.137. The molecule has 3 aromatic rings. The number of imidazole rings is 1. The minimum atomic E-state index is -4.53. The molecule has 2 aromatic heterocycles. The van der Waals surface area contributed by atoms with Gasteiger partial charge in [0.15, 0.2) is 5.65 Å². The fourth-order valence-electron chi connectivity index (χ4n) is 4.11. The lowest BCUT2D eigenvalue weighted by Crippen LogP contribution is -2.33. The second kappa shape index (κ2) is 6.98. The number of phenols is 1. The van der Waals surface area contributed by atoms with E-state index in [1.54, 1.807) is 13.3 Å². The molecule has 1 atom stereocenters. The Hall–Kier alpha value is -2.68. The van der Waals surface area contributed by atoms with E-state index in [2.05, 4.69) is 27.1 Å². The molecular formula is C20H22F3N5O. The van der Waals surface area contributed by atoms with Crippen molar-refractivity contribution >= 4 is 11.2 Å². The topological polar surface area (TPSA) is 67.1 Å². The molecule has 0 radical (unpaired) electrons. The summed E-state index contributed by atoms with van der Waals surface area (Å²) in [5.41, 5.74) is 1.94. The second-order valence-corrected chi connectivity index (χ2v) is 7.74. The molecule has 0 spiro atoms. The number of aryl methyl sites for hydroxylation is 2. The highest BCUT2D eigenvalue weighted by atomic mass is 19.4. The van der Waals surface area contributed by atoms with E-state index in [0.29, 0.717) is 22.4 Å². The van der Waals surface area contributed by atoms with Crippen molar-refractivity contribution in [3.05, 3.63) is 35.2 Å². The van der Waals surface area contributed by atoms with Crippen molar-refractivity contribution in [2.75, 3.05) is 20.1 Å². The number of fused-ring (bicyclic) bond motifs is 1. The summed E-state index contributed by atoms with van der Waals surface area (Å²) in [5, 5.41) is 18.9. The van der Waals surface area contributed by atoms with Crippen molar-refractivity contribution in [3.8, 4) is 17.0 Å². The summed E-state index contributed by atoms with van der Waals surface area (Å²) in [6.07, 6.45) is -0.669. The molecular weight excluding hydrogens is 383 g/mol. The van der Waals surface area contributed by atoms with Crippen LogP contribution in [0.15, 0.2) is 18.5 Å². The number of alkyl halides is 3. The summed E-state index contributed by atoms with van der Waals surface area (Å²) in [7, 11) is 2.08. The second-order valence-electron chi connectivity index (χ2n) is 7.74. The number of hydrogen-bond acceptors (Lipinski definition) is 5. The van der Waals surface area contributed by atoms with Crippen LogP contribution in [0.3, 0.4) is 0 Å². The molecule has 6 nitrogen and oxygen atoms in total. The smallest absolute Gasteiger partial charge is 0.416 e. The number of rotatable bonds is 2. The molecule has 3 heterocycles. The molecule has 1 aliphatic rings. The normalized spacial score (nSPS) is 18.5. The highest BCUT2D eigenvalue weighted by molar-refractivity contribution is 5.84. The maximum atomic E-state index is 13.0. The van der Waals surface area contributed by atoms with Crippen LogP contribution in [0.2, 0.25) is 0 Å². The Labute approximate surface area is 166 Å². The molecule has 0 aliphatic carbocycles. The van der Waals surface area contributed by atoms with Crippen LogP contribution in [0.25, 0.3) is 22.4 Å². The van der Waals surface area contributed by atoms with Gasteiger partial charge in [0.05, 0.1) is 11.9 Å². The first-order chi connectivity index (χ1) is 13.7. The van der Waals surface area contributed by atoms with Gasteiger partial charge in [0.1, 0.15) is 17.0 Å².